The van der Waals surface area contributed by atoms with E-state index >= 15 is 0 Å². The Morgan fingerprint density at radius 3 is 2.25 bits per heavy atom. The van der Waals surface area contributed by atoms with Crippen LogP contribution in [0, 0.1) is 0 Å². The minimum atomic E-state index is -0.854. The van der Waals surface area contributed by atoms with Gasteiger partial charge in [0.2, 0.25) is 5.78 Å². The Labute approximate surface area is 118 Å². The molecule has 0 saturated heterocycles. The summed E-state index contributed by atoms with van der Waals surface area (Å²) < 4.78 is -0.114. The molecule has 0 spiro atoms. The average molecular weight is 280 g/mol. The Bertz CT molecular complexity index is 480. The second-order valence-electron chi connectivity index (χ2n) is 5.24. The lowest BCUT2D eigenvalue weighted by Crippen LogP contribution is -2.43. The van der Waals surface area contributed by atoms with E-state index in [-0.39, 0.29) is 23.3 Å². The Morgan fingerprint density at radius 2 is 1.80 bits per heavy atom. The molecule has 0 saturated carbocycles. The molecule has 2 N–H and O–H groups in total. The van der Waals surface area contributed by atoms with Crippen molar-refractivity contribution in [2.24, 2.45) is 0 Å². The molecule has 1 rings (SSSR count). The number of likely N-dealkylation sites (N-methyl/N-ethyl adjacent to an activating group) is 1. The highest BCUT2D eigenvalue weighted by Crippen LogP contribution is 2.13. The summed E-state index contributed by atoms with van der Waals surface area (Å²) in [6.07, 6.45) is -0.625. The van der Waals surface area contributed by atoms with Gasteiger partial charge in [-0.1, -0.05) is 24.3 Å². The zero-order valence-corrected chi connectivity index (χ0v) is 11.9. The van der Waals surface area contributed by atoms with Gasteiger partial charge in [-0.05, 0) is 12.5 Å². The molecule has 110 valence electrons. The summed E-state index contributed by atoms with van der Waals surface area (Å²) in [7, 11) is 3.26. The van der Waals surface area contributed by atoms with E-state index in [0.29, 0.717) is 5.56 Å². The van der Waals surface area contributed by atoms with Crippen LogP contribution in [0.3, 0.4) is 0 Å². The molecule has 0 fully saturated rings. The van der Waals surface area contributed by atoms with Crippen molar-refractivity contribution in [3.63, 3.8) is 0 Å². The third kappa shape index (κ3) is 4.73. The molecule has 0 aromatic heterocycles. The molecule has 0 aliphatic heterocycles. The van der Waals surface area contributed by atoms with Crippen LogP contribution in [0.25, 0.3) is 5.43 Å². The number of Topliss-reactive ketones (excluding diaryl/α,β-unsaturated/α-hetero) is 1. The van der Waals surface area contributed by atoms with Crippen molar-refractivity contribution >= 4 is 11.7 Å². The van der Waals surface area contributed by atoms with Gasteiger partial charge in [-0.25, -0.2) is 0 Å². The van der Waals surface area contributed by atoms with Crippen LogP contribution < -0.4 is 0 Å². The minimum Gasteiger partial charge on any atom is -0.448 e. The summed E-state index contributed by atoms with van der Waals surface area (Å²) in [5, 5.41) is 18.2. The van der Waals surface area contributed by atoms with Crippen LogP contribution in [-0.4, -0.2) is 53.2 Å². The zero-order chi connectivity index (χ0) is 15.3. The molecule has 1 aromatic carbocycles. The number of aliphatic hydroxyl groups excluding tert-OH is 2. The molecule has 0 bridgehead atoms. The van der Waals surface area contributed by atoms with E-state index in [1.54, 1.807) is 33.2 Å². The standard InChI is InChI=1S/C14H20N2O4/c1-10(18)8-16(2,3)15-14(20)13(19)12-6-4-11(9-17)5-7-12/h4-7,10,17-18H,8-9H2,1-3H3. The molecule has 0 heterocycles. The fourth-order valence-electron chi connectivity index (χ4n) is 1.86. The van der Waals surface area contributed by atoms with Crippen molar-refractivity contribution < 1.29 is 24.4 Å². The fourth-order valence-corrected chi connectivity index (χ4v) is 1.86. The third-order valence-electron chi connectivity index (χ3n) is 2.67. The van der Waals surface area contributed by atoms with Crippen molar-refractivity contribution in [1.82, 2.24) is 0 Å². The second kappa shape index (κ2) is 6.60. The van der Waals surface area contributed by atoms with Crippen LogP contribution in [-0.2, 0) is 11.4 Å². The largest absolute Gasteiger partial charge is 0.448 e. The maximum Gasteiger partial charge on any atom is 0.214 e. The predicted molar refractivity (Wildman–Crippen MR) is 73.7 cm³/mol. The lowest BCUT2D eigenvalue weighted by Gasteiger charge is -2.41. The maximum absolute atomic E-state index is 11.9. The molecule has 0 aliphatic rings. The van der Waals surface area contributed by atoms with Gasteiger partial charge in [-0.15, -0.1) is 0 Å². The van der Waals surface area contributed by atoms with E-state index in [2.05, 4.69) is 5.43 Å². The first-order valence-corrected chi connectivity index (χ1v) is 6.28. The van der Waals surface area contributed by atoms with E-state index in [0.717, 1.165) is 0 Å². The number of benzene rings is 1. The molecular formula is C14H20N2O4. The van der Waals surface area contributed by atoms with Crippen LogP contribution in [0.1, 0.15) is 22.8 Å². The lowest BCUT2D eigenvalue weighted by atomic mass is 10.1. The molecule has 6 nitrogen and oxygen atoms in total. The summed E-state index contributed by atoms with van der Waals surface area (Å²) in [4.78, 5) is 23.8. The number of ketones is 1. The number of hydrogen-bond donors (Lipinski definition) is 2. The third-order valence-corrected chi connectivity index (χ3v) is 2.67. The van der Waals surface area contributed by atoms with Gasteiger partial charge >= 0.3 is 0 Å². The molecule has 6 heteroatoms. The molecule has 0 radical (unpaired) electrons. The highest BCUT2D eigenvalue weighted by Gasteiger charge is 2.17. The molecule has 1 amide bonds. The van der Waals surface area contributed by atoms with Crippen LogP contribution in [0.4, 0.5) is 0 Å². The summed E-state index contributed by atoms with van der Waals surface area (Å²) in [6.45, 7) is 1.71. The van der Waals surface area contributed by atoms with Gasteiger partial charge in [0, 0.05) is 5.56 Å². The van der Waals surface area contributed by atoms with E-state index in [1.165, 1.54) is 12.1 Å². The number of rotatable bonds is 6. The quantitative estimate of drug-likeness (QED) is 0.346. The first kappa shape index (κ1) is 16.3. The highest BCUT2D eigenvalue weighted by atomic mass is 16.3. The Hall–Kier alpha value is -1.76. The number of quaternary nitrogens is 1. The van der Waals surface area contributed by atoms with Gasteiger partial charge in [0.25, 0.3) is 0 Å². The molecule has 1 unspecified atom stereocenters. The number of nitrogens with zero attached hydrogens (tertiary/aromatic N) is 2. The van der Waals surface area contributed by atoms with Gasteiger partial charge in [-0.2, -0.15) is 0 Å². The van der Waals surface area contributed by atoms with Gasteiger partial charge in [0.1, 0.15) is 0 Å². The fraction of sp³-hybridized carbons (Fsp3) is 0.429. The Kier molecular flexibility index (Phi) is 5.38. The second-order valence-corrected chi connectivity index (χ2v) is 5.24. The number of hydrogen-bond acceptors (Lipinski definition) is 4. The number of amides is 1. The number of aliphatic hydroxyl groups is 2. The average Bonchev–Trinajstić information content (AvgIpc) is 2.35. The minimum absolute atomic E-state index is 0.114. The van der Waals surface area contributed by atoms with Gasteiger partial charge < -0.3 is 25.0 Å². The van der Waals surface area contributed by atoms with E-state index in [9.17, 15) is 14.7 Å². The lowest BCUT2D eigenvalue weighted by molar-refractivity contribution is -0.852. The van der Waals surface area contributed by atoms with E-state index in [4.69, 9.17) is 5.11 Å². The predicted octanol–water partition coefficient (Wildman–Crippen LogP) is 0.634. The smallest absolute Gasteiger partial charge is 0.214 e. The van der Waals surface area contributed by atoms with Gasteiger partial charge in [0.05, 0.1) is 33.4 Å². The Balaban J connectivity index is 2.73. The summed E-state index contributed by atoms with van der Waals surface area (Å²) in [5.74, 6) is -1.56. The van der Waals surface area contributed by atoms with E-state index < -0.39 is 17.8 Å². The van der Waals surface area contributed by atoms with Crippen molar-refractivity contribution in [3.8, 4) is 0 Å². The van der Waals surface area contributed by atoms with Gasteiger partial charge in [0.15, 0.2) is 5.91 Å². The van der Waals surface area contributed by atoms with E-state index in [1.807, 2.05) is 0 Å². The normalized spacial score (nSPS) is 12.8. The SMILES string of the molecule is CC(O)C[N+](C)(C)[N-]C(=O)C(=O)c1ccc(CO)cc1. The van der Waals surface area contributed by atoms with Crippen LogP contribution in [0.15, 0.2) is 24.3 Å². The summed E-state index contributed by atoms with van der Waals surface area (Å²) >= 11 is 0. The van der Waals surface area contributed by atoms with Crippen molar-refractivity contribution in [2.75, 3.05) is 20.6 Å². The summed E-state index contributed by atoms with van der Waals surface area (Å²) in [5.41, 5.74) is 4.70. The number of carbonyl (C=O) groups excluding carboxylic acids is 2. The maximum atomic E-state index is 11.9. The van der Waals surface area contributed by atoms with Crippen molar-refractivity contribution in [1.29, 1.82) is 0 Å². The van der Waals surface area contributed by atoms with Crippen LogP contribution >= 0.6 is 0 Å². The monoisotopic (exact) mass is 280 g/mol. The van der Waals surface area contributed by atoms with Crippen molar-refractivity contribution in [3.05, 3.63) is 40.8 Å². The van der Waals surface area contributed by atoms with Crippen molar-refractivity contribution in [2.45, 2.75) is 19.6 Å². The molecule has 1 aromatic rings. The van der Waals surface area contributed by atoms with Crippen LogP contribution in [0.2, 0.25) is 0 Å². The number of carbonyl (C=O) groups is 2. The first-order chi connectivity index (χ1) is 9.25. The van der Waals surface area contributed by atoms with Crippen LogP contribution in [0.5, 0.6) is 0 Å². The molecular weight excluding hydrogens is 260 g/mol. The first-order valence-electron chi connectivity index (χ1n) is 6.28. The molecule has 20 heavy (non-hydrogen) atoms. The Morgan fingerprint density at radius 1 is 1.25 bits per heavy atom. The summed E-state index contributed by atoms with van der Waals surface area (Å²) in [6, 6.07) is 6.12. The molecule has 1 atom stereocenters. The highest BCUT2D eigenvalue weighted by molar-refractivity contribution is 6.46. The zero-order valence-electron chi connectivity index (χ0n) is 11.9. The molecule has 0 aliphatic carbocycles. The topological polar surface area (TPSA) is 88.7 Å². The van der Waals surface area contributed by atoms with Gasteiger partial charge in [-0.3, -0.25) is 4.79 Å².